The van der Waals surface area contributed by atoms with Crippen LogP contribution in [-0.2, 0) is 16.0 Å². The van der Waals surface area contributed by atoms with Gasteiger partial charge in [0, 0.05) is 17.8 Å². The molecule has 0 saturated carbocycles. The van der Waals surface area contributed by atoms with Gasteiger partial charge in [0.05, 0.1) is 22.6 Å². The Morgan fingerprint density at radius 1 is 1.13 bits per heavy atom. The lowest BCUT2D eigenvalue weighted by atomic mass is 10.1. The Morgan fingerprint density at radius 2 is 1.89 bits per heavy atom. The van der Waals surface area contributed by atoms with Crippen molar-refractivity contribution in [2.24, 2.45) is 0 Å². The Morgan fingerprint density at radius 3 is 2.58 bits per heavy atom. The number of thioether (sulfide) groups is 1. The molecule has 2 amide bonds. The number of non-ortho nitro benzene ring substituents is 1. The summed E-state index contributed by atoms with van der Waals surface area (Å²) in [7, 11) is 1.48. The van der Waals surface area contributed by atoms with Crippen LogP contribution in [0.3, 0.4) is 0 Å². The quantitative estimate of drug-likeness (QED) is 0.159. The van der Waals surface area contributed by atoms with E-state index in [1.807, 2.05) is 24.3 Å². The highest BCUT2D eigenvalue weighted by atomic mass is 32.2. The number of anilines is 2. The third-order valence-electron chi connectivity index (χ3n) is 5.58. The summed E-state index contributed by atoms with van der Waals surface area (Å²) in [5.41, 5.74) is 2.69. The number of carbonyl (C=O) groups is 2. The van der Waals surface area contributed by atoms with Crippen molar-refractivity contribution in [1.82, 2.24) is 0 Å². The van der Waals surface area contributed by atoms with Crippen LogP contribution >= 0.6 is 24.0 Å². The average molecular weight is 550 g/mol. The molecule has 0 radical (unpaired) electrons. The lowest BCUT2D eigenvalue weighted by Gasteiger charge is -2.14. The number of nitro benzene ring substituents is 1. The van der Waals surface area contributed by atoms with Crippen molar-refractivity contribution in [2.45, 2.75) is 13.3 Å². The van der Waals surface area contributed by atoms with E-state index in [-0.39, 0.29) is 28.4 Å². The smallest absolute Gasteiger partial charge is 0.271 e. The van der Waals surface area contributed by atoms with Crippen molar-refractivity contribution in [3.05, 3.63) is 92.9 Å². The maximum atomic E-state index is 13.1. The molecule has 3 aromatic rings. The number of benzene rings is 3. The third-order valence-corrected chi connectivity index (χ3v) is 6.88. The highest BCUT2D eigenvalue weighted by molar-refractivity contribution is 8.27. The summed E-state index contributed by atoms with van der Waals surface area (Å²) in [4.78, 5) is 37.6. The van der Waals surface area contributed by atoms with Gasteiger partial charge in [-0.25, -0.2) is 0 Å². The first-order valence-corrected chi connectivity index (χ1v) is 12.7. The number of hydrogen-bond donors (Lipinski definition) is 1. The van der Waals surface area contributed by atoms with E-state index in [4.69, 9.17) is 21.7 Å². The molecule has 1 N–H and O–H groups in total. The topological polar surface area (TPSA) is 111 Å². The molecule has 0 aliphatic carbocycles. The number of nitrogens with zero attached hydrogens (tertiary/aromatic N) is 2. The lowest BCUT2D eigenvalue weighted by Crippen LogP contribution is -2.27. The van der Waals surface area contributed by atoms with Gasteiger partial charge in [0.2, 0.25) is 0 Å². The van der Waals surface area contributed by atoms with E-state index in [9.17, 15) is 19.7 Å². The Balaban J connectivity index is 1.44. The van der Waals surface area contributed by atoms with Crippen LogP contribution in [0.25, 0.3) is 6.08 Å². The van der Waals surface area contributed by atoms with Crippen LogP contribution in [-0.4, -0.2) is 34.8 Å². The minimum Gasteiger partial charge on any atom is -0.493 e. The largest absolute Gasteiger partial charge is 0.493 e. The number of methoxy groups -OCH3 is 1. The Kier molecular flexibility index (Phi) is 8.39. The van der Waals surface area contributed by atoms with Crippen LogP contribution in [0, 0.1) is 10.1 Å². The van der Waals surface area contributed by atoms with Gasteiger partial charge < -0.3 is 14.8 Å². The van der Waals surface area contributed by atoms with Crippen molar-refractivity contribution in [1.29, 1.82) is 0 Å². The first-order chi connectivity index (χ1) is 18.3. The summed E-state index contributed by atoms with van der Waals surface area (Å²) in [6, 6.07) is 18.4. The highest BCUT2D eigenvalue weighted by Gasteiger charge is 2.34. The Bertz CT molecular complexity index is 1440. The minimum atomic E-state index is -0.528. The maximum Gasteiger partial charge on any atom is 0.271 e. The molecule has 0 aromatic heterocycles. The normalized spacial score (nSPS) is 14.1. The van der Waals surface area contributed by atoms with E-state index in [0.717, 1.165) is 18.2 Å². The fourth-order valence-corrected chi connectivity index (χ4v) is 4.94. The lowest BCUT2D eigenvalue weighted by molar-refractivity contribution is -0.384. The van der Waals surface area contributed by atoms with Crippen molar-refractivity contribution in [3.8, 4) is 11.5 Å². The molecule has 1 aliphatic rings. The second-order valence-electron chi connectivity index (χ2n) is 8.09. The Hall–Kier alpha value is -4.22. The number of aryl methyl sites for hydroxylation is 1. The molecule has 0 spiro atoms. The molecule has 1 saturated heterocycles. The first-order valence-electron chi connectivity index (χ1n) is 11.5. The van der Waals surface area contributed by atoms with Gasteiger partial charge in [0.1, 0.15) is 0 Å². The van der Waals surface area contributed by atoms with Crippen LogP contribution in [0.2, 0.25) is 0 Å². The second kappa shape index (κ2) is 11.9. The molecular weight excluding hydrogens is 526 g/mol. The fraction of sp³-hybridized carbons (Fsp3) is 0.148. The summed E-state index contributed by atoms with van der Waals surface area (Å²) in [5.74, 6) is 0.0481. The van der Waals surface area contributed by atoms with Crippen molar-refractivity contribution in [3.63, 3.8) is 0 Å². The number of amides is 2. The van der Waals surface area contributed by atoms with E-state index in [1.54, 1.807) is 30.3 Å². The van der Waals surface area contributed by atoms with Crippen LogP contribution in [0.15, 0.2) is 71.6 Å². The van der Waals surface area contributed by atoms with Crippen LogP contribution in [0.5, 0.6) is 11.5 Å². The molecule has 4 rings (SSSR count). The maximum absolute atomic E-state index is 13.1. The molecule has 3 aromatic carbocycles. The second-order valence-corrected chi connectivity index (χ2v) is 9.77. The predicted octanol–water partition coefficient (Wildman–Crippen LogP) is 5.59. The summed E-state index contributed by atoms with van der Waals surface area (Å²) >= 11 is 6.46. The van der Waals surface area contributed by atoms with E-state index < -0.39 is 4.92 Å². The third kappa shape index (κ3) is 6.18. The van der Waals surface area contributed by atoms with Gasteiger partial charge in [-0.2, -0.15) is 0 Å². The molecule has 1 heterocycles. The summed E-state index contributed by atoms with van der Waals surface area (Å²) in [6.07, 6.45) is 2.56. The first kappa shape index (κ1) is 26.8. The van der Waals surface area contributed by atoms with Gasteiger partial charge >= 0.3 is 0 Å². The average Bonchev–Trinajstić information content (AvgIpc) is 3.20. The standard InChI is InChI=1S/C27H23N3O6S2/c1-3-17-7-10-19(11-8-17)28-25(31)16-36-22-12-9-18(13-23(22)35-2)14-24-26(32)29(27(37)38-24)20-5-4-6-21(15-20)30(33)34/h4-15H,3,16H2,1-2H3,(H,28,31)/b24-14+. The number of ether oxygens (including phenoxy) is 2. The molecular formula is C27H23N3O6S2. The molecule has 0 bridgehead atoms. The molecule has 9 nitrogen and oxygen atoms in total. The number of nitro groups is 1. The number of carbonyl (C=O) groups excluding carboxylic acids is 2. The number of hydrogen-bond acceptors (Lipinski definition) is 8. The van der Waals surface area contributed by atoms with Gasteiger partial charge in [-0.05, 0) is 54.0 Å². The highest BCUT2D eigenvalue weighted by Crippen LogP contribution is 2.38. The monoisotopic (exact) mass is 549 g/mol. The molecule has 194 valence electrons. The summed E-state index contributed by atoms with van der Waals surface area (Å²) in [6.45, 7) is 1.85. The van der Waals surface area contributed by atoms with Gasteiger partial charge in [-0.1, -0.05) is 55.2 Å². The minimum absolute atomic E-state index is 0.135. The molecule has 0 atom stereocenters. The van der Waals surface area contributed by atoms with Gasteiger partial charge in [0.15, 0.2) is 22.4 Å². The molecule has 1 aliphatic heterocycles. The van der Waals surface area contributed by atoms with Crippen LogP contribution in [0.4, 0.5) is 17.1 Å². The summed E-state index contributed by atoms with van der Waals surface area (Å²) in [5, 5.41) is 13.9. The SMILES string of the molecule is CCc1ccc(NC(=O)COc2ccc(/C=C3/SC(=S)N(c4cccc([N+](=O)[O-])c4)C3=O)cc2OC)cc1. The molecule has 38 heavy (non-hydrogen) atoms. The van der Waals surface area contributed by atoms with Gasteiger partial charge in [0.25, 0.3) is 17.5 Å². The predicted molar refractivity (Wildman–Crippen MR) is 152 cm³/mol. The number of rotatable bonds is 9. The van der Waals surface area contributed by atoms with E-state index in [0.29, 0.717) is 33.3 Å². The van der Waals surface area contributed by atoms with E-state index in [2.05, 4.69) is 12.2 Å². The molecule has 1 fully saturated rings. The van der Waals surface area contributed by atoms with E-state index in [1.165, 1.54) is 35.8 Å². The zero-order valence-electron chi connectivity index (χ0n) is 20.5. The molecule has 0 unspecified atom stereocenters. The van der Waals surface area contributed by atoms with Crippen LogP contribution in [0.1, 0.15) is 18.1 Å². The number of nitrogens with one attached hydrogen (secondary N) is 1. The van der Waals surface area contributed by atoms with Gasteiger partial charge in [-0.3, -0.25) is 24.6 Å². The van der Waals surface area contributed by atoms with E-state index >= 15 is 0 Å². The summed E-state index contributed by atoms with van der Waals surface area (Å²) < 4.78 is 11.4. The van der Waals surface area contributed by atoms with Crippen molar-refractivity contribution < 1.29 is 24.0 Å². The Labute approximate surface area is 228 Å². The zero-order chi connectivity index (χ0) is 27.2. The van der Waals surface area contributed by atoms with Crippen LogP contribution < -0.4 is 19.7 Å². The van der Waals surface area contributed by atoms with Gasteiger partial charge in [-0.15, -0.1) is 0 Å². The molecule has 11 heteroatoms. The fourth-order valence-electron chi connectivity index (χ4n) is 3.64. The van der Waals surface area contributed by atoms with Crippen molar-refractivity contribution in [2.75, 3.05) is 23.9 Å². The number of thiocarbonyl (C=S) groups is 1. The van der Waals surface area contributed by atoms with Crippen molar-refractivity contribution >= 4 is 63.3 Å². The zero-order valence-corrected chi connectivity index (χ0v) is 22.1.